The predicted molar refractivity (Wildman–Crippen MR) is 98.8 cm³/mol. The first-order valence-corrected chi connectivity index (χ1v) is 9.28. The van der Waals surface area contributed by atoms with Gasteiger partial charge in [0.05, 0.1) is 11.1 Å². The maximum absolute atomic E-state index is 12.7. The van der Waals surface area contributed by atoms with Crippen molar-refractivity contribution < 1.29 is 9.59 Å². The van der Waals surface area contributed by atoms with Crippen LogP contribution in [0.1, 0.15) is 64.9 Å². The van der Waals surface area contributed by atoms with Crippen molar-refractivity contribution in [1.29, 1.82) is 0 Å². The summed E-state index contributed by atoms with van der Waals surface area (Å²) in [4.78, 5) is 31.0. The number of aromatic nitrogens is 1. The number of rotatable bonds is 4. The van der Waals surface area contributed by atoms with Gasteiger partial charge in [0.15, 0.2) is 0 Å². The highest BCUT2D eigenvalue weighted by molar-refractivity contribution is 6.21. The Bertz CT molecular complexity index is 786. The Labute approximate surface area is 153 Å². The van der Waals surface area contributed by atoms with Crippen molar-refractivity contribution in [1.82, 2.24) is 15.2 Å². The molecular weight excluding hydrogens is 326 g/mol. The van der Waals surface area contributed by atoms with Gasteiger partial charge in [-0.05, 0) is 62.4 Å². The number of carbonyl (C=O) groups excluding carboxylic acids is 2. The average molecular weight is 349 g/mol. The summed E-state index contributed by atoms with van der Waals surface area (Å²) in [5.41, 5.74) is 2.28. The van der Waals surface area contributed by atoms with E-state index in [4.69, 9.17) is 0 Å². The van der Waals surface area contributed by atoms with E-state index in [1.54, 1.807) is 24.5 Å². The monoisotopic (exact) mass is 349 g/mol. The molecule has 5 nitrogen and oxygen atoms in total. The van der Waals surface area contributed by atoms with Crippen molar-refractivity contribution in [3.8, 4) is 0 Å². The summed E-state index contributed by atoms with van der Waals surface area (Å²) < 4.78 is 0. The second-order valence-electron chi connectivity index (χ2n) is 7.21. The zero-order chi connectivity index (χ0) is 18.1. The molecule has 1 fully saturated rings. The maximum atomic E-state index is 12.7. The Morgan fingerprint density at radius 2 is 1.69 bits per heavy atom. The van der Waals surface area contributed by atoms with Crippen molar-refractivity contribution in [3.05, 3.63) is 65.5 Å². The fraction of sp³-hybridized carbons (Fsp3) is 0.381. The van der Waals surface area contributed by atoms with Crippen LogP contribution >= 0.6 is 0 Å². The van der Waals surface area contributed by atoms with E-state index in [0.717, 1.165) is 25.7 Å². The highest BCUT2D eigenvalue weighted by Crippen LogP contribution is 2.31. The average Bonchev–Trinajstić information content (AvgIpc) is 2.94. The van der Waals surface area contributed by atoms with Gasteiger partial charge in [-0.2, -0.15) is 0 Å². The number of benzene rings is 1. The van der Waals surface area contributed by atoms with Crippen molar-refractivity contribution >= 4 is 11.8 Å². The number of hydrogen-bond acceptors (Lipinski definition) is 4. The van der Waals surface area contributed by atoms with Crippen LogP contribution in [-0.2, 0) is 0 Å². The summed E-state index contributed by atoms with van der Waals surface area (Å²) in [6.45, 7) is 2.14. The van der Waals surface area contributed by atoms with Crippen LogP contribution < -0.4 is 5.32 Å². The van der Waals surface area contributed by atoms with E-state index in [1.165, 1.54) is 10.5 Å². The molecule has 26 heavy (non-hydrogen) atoms. The maximum Gasteiger partial charge on any atom is 0.261 e. The van der Waals surface area contributed by atoms with Gasteiger partial charge in [-0.1, -0.05) is 12.1 Å². The summed E-state index contributed by atoms with van der Waals surface area (Å²) in [6.07, 6.45) is 7.37. The Balaban J connectivity index is 1.46. The van der Waals surface area contributed by atoms with Gasteiger partial charge in [0.25, 0.3) is 11.8 Å². The summed E-state index contributed by atoms with van der Waals surface area (Å²) in [6, 6.07) is 11.6. The minimum atomic E-state index is -0.140. The number of fused-ring (bicyclic) bond motifs is 1. The first-order chi connectivity index (χ1) is 12.6. The van der Waals surface area contributed by atoms with Gasteiger partial charge < -0.3 is 5.32 Å². The lowest BCUT2D eigenvalue weighted by Gasteiger charge is -2.35. The fourth-order valence-corrected chi connectivity index (χ4v) is 4.19. The molecule has 4 rings (SSSR count). The molecule has 0 spiro atoms. The molecule has 0 bridgehead atoms. The quantitative estimate of drug-likeness (QED) is 0.860. The van der Waals surface area contributed by atoms with E-state index in [1.807, 2.05) is 24.3 Å². The lowest BCUT2D eigenvalue weighted by atomic mass is 9.89. The van der Waals surface area contributed by atoms with Crippen LogP contribution in [0.4, 0.5) is 0 Å². The molecule has 0 radical (unpaired) electrons. The number of nitrogens with one attached hydrogen (secondary N) is 1. The third kappa shape index (κ3) is 3.03. The van der Waals surface area contributed by atoms with Gasteiger partial charge in [0.2, 0.25) is 0 Å². The summed E-state index contributed by atoms with van der Waals surface area (Å²) in [7, 11) is 0. The largest absolute Gasteiger partial charge is 0.307 e. The molecular formula is C21H23N3O2. The van der Waals surface area contributed by atoms with Crippen molar-refractivity contribution in [2.24, 2.45) is 0 Å². The molecule has 3 atom stereocenters. The molecule has 1 aliphatic heterocycles. The van der Waals surface area contributed by atoms with Gasteiger partial charge in [-0.3, -0.25) is 19.5 Å². The molecule has 1 N–H and O–H groups in total. The van der Waals surface area contributed by atoms with Crippen LogP contribution in [0.15, 0.2) is 48.8 Å². The highest BCUT2D eigenvalue weighted by Gasteiger charge is 2.41. The van der Waals surface area contributed by atoms with Gasteiger partial charge in [-0.25, -0.2) is 0 Å². The number of carbonyl (C=O) groups is 2. The number of nitrogens with zero attached hydrogens (tertiary/aromatic N) is 2. The normalized spacial score (nSPS) is 23.8. The summed E-state index contributed by atoms with van der Waals surface area (Å²) >= 11 is 0. The predicted octanol–water partition coefficient (Wildman–Crippen LogP) is 3.34. The number of amides is 2. The molecule has 1 saturated carbocycles. The zero-order valence-electron chi connectivity index (χ0n) is 14.9. The van der Waals surface area contributed by atoms with Crippen LogP contribution in [0.3, 0.4) is 0 Å². The van der Waals surface area contributed by atoms with E-state index in [0.29, 0.717) is 17.2 Å². The van der Waals surface area contributed by atoms with Gasteiger partial charge in [0, 0.05) is 30.5 Å². The first-order valence-electron chi connectivity index (χ1n) is 9.28. The molecule has 2 heterocycles. The standard InChI is InChI=1S/C21H23N3O2/c1-14(15-9-11-22-12-10-15)23-16-5-4-6-17(13-16)24-20(25)18-7-2-3-8-19(18)21(24)26/h2-3,7-12,14,16-17,23H,4-6,13H2,1H3/t14-,16-,17+/m0/s1. The molecule has 1 aromatic heterocycles. The smallest absolute Gasteiger partial charge is 0.261 e. The molecule has 0 unspecified atom stereocenters. The van der Waals surface area contributed by atoms with Crippen molar-refractivity contribution in [3.63, 3.8) is 0 Å². The van der Waals surface area contributed by atoms with Crippen LogP contribution in [0.2, 0.25) is 0 Å². The third-order valence-corrected chi connectivity index (χ3v) is 5.53. The molecule has 2 aliphatic rings. The van der Waals surface area contributed by atoms with Crippen LogP contribution in [-0.4, -0.2) is 33.8 Å². The van der Waals surface area contributed by atoms with Crippen molar-refractivity contribution in [2.45, 2.75) is 50.7 Å². The lowest BCUT2D eigenvalue weighted by Crippen LogP contribution is -2.47. The Morgan fingerprint density at radius 3 is 2.35 bits per heavy atom. The topological polar surface area (TPSA) is 62.3 Å². The van der Waals surface area contributed by atoms with Gasteiger partial charge >= 0.3 is 0 Å². The zero-order valence-corrected chi connectivity index (χ0v) is 14.9. The molecule has 1 aromatic carbocycles. The van der Waals surface area contributed by atoms with Crippen LogP contribution in [0.5, 0.6) is 0 Å². The molecule has 1 aliphatic carbocycles. The Hall–Kier alpha value is -2.53. The molecule has 2 amide bonds. The Kier molecular flexibility index (Phi) is 4.55. The molecule has 134 valence electrons. The second kappa shape index (κ2) is 7.00. The third-order valence-electron chi connectivity index (χ3n) is 5.53. The number of hydrogen-bond donors (Lipinski definition) is 1. The minimum absolute atomic E-state index is 0.0294. The second-order valence-corrected chi connectivity index (χ2v) is 7.21. The lowest BCUT2D eigenvalue weighted by molar-refractivity contribution is 0.0531. The SMILES string of the molecule is C[C@H](N[C@H]1CCC[C@@H](N2C(=O)c3ccccc3C2=O)C1)c1ccncc1. The Morgan fingerprint density at radius 1 is 1.04 bits per heavy atom. The van der Waals surface area contributed by atoms with Crippen LogP contribution in [0.25, 0.3) is 0 Å². The van der Waals surface area contributed by atoms with Crippen LogP contribution in [0, 0.1) is 0 Å². The summed E-state index contributed by atoms with van der Waals surface area (Å²) in [5, 5.41) is 3.66. The molecule has 0 saturated heterocycles. The fourth-order valence-electron chi connectivity index (χ4n) is 4.19. The van der Waals surface area contributed by atoms with E-state index in [9.17, 15) is 9.59 Å². The van der Waals surface area contributed by atoms with E-state index < -0.39 is 0 Å². The first kappa shape index (κ1) is 16.9. The van der Waals surface area contributed by atoms with E-state index in [2.05, 4.69) is 17.2 Å². The minimum Gasteiger partial charge on any atom is -0.307 e. The van der Waals surface area contributed by atoms with Gasteiger partial charge in [-0.15, -0.1) is 0 Å². The van der Waals surface area contributed by atoms with Crippen molar-refractivity contribution in [2.75, 3.05) is 0 Å². The number of imide groups is 1. The molecule has 5 heteroatoms. The van der Waals surface area contributed by atoms with Gasteiger partial charge in [0.1, 0.15) is 0 Å². The van der Waals surface area contributed by atoms with E-state index in [-0.39, 0.29) is 23.9 Å². The molecule has 2 aromatic rings. The summed E-state index contributed by atoms with van der Waals surface area (Å²) in [5.74, 6) is -0.281. The number of pyridine rings is 1. The van der Waals surface area contributed by atoms with E-state index >= 15 is 0 Å². The highest BCUT2D eigenvalue weighted by atomic mass is 16.2.